The molecule has 0 bridgehead atoms. The van der Waals surface area contributed by atoms with Crippen LogP contribution in [0.5, 0.6) is 0 Å². The molecule has 1 rings (SSSR count). The molecule has 0 aliphatic carbocycles. The summed E-state index contributed by atoms with van der Waals surface area (Å²) in [6.07, 6.45) is 14.9. The number of hydrogen-bond donors (Lipinski definition) is 1. The molecular formula is C24H35CuNO3. The molecule has 0 aromatic heterocycles. The third-order valence-corrected chi connectivity index (χ3v) is 4.81. The van der Waals surface area contributed by atoms with Gasteiger partial charge in [-0.05, 0) is 6.42 Å². The zero-order valence-electron chi connectivity index (χ0n) is 17.6. The predicted molar refractivity (Wildman–Crippen MR) is 115 cm³/mol. The van der Waals surface area contributed by atoms with E-state index in [9.17, 15) is 9.90 Å². The van der Waals surface area contributed by atoms with Crippen molar-refractivity contribution >= 4 is 11.7 Å². The average Bonchev–Trinajstić information content (AvgIpc) is 2.72. The number of hydrogen-bond acceptors (Lipinski definition) is 3. The average molecular weight is 449 g/mol. The number of aliphatic hydroxyl groups excluding tert-OH is 1. The van der Waals surface area contributed by atoms with Crippen molar-refractivity contribution < 1.29 is 31.7 Å². The molecule has 1 radical (unpaired) electrons. The zero-order chi connectivity index (χ0) is 20.5. The van der Waals surface area contributed by atoms with Gasteiger partial charge in [0.25, 0.3) is 0 Å². The van der Waals surface area contributed by atoms with Crippen molar-refractivity contribution in [3.63, 3.8) is 0 Å². The third-order valence-electron chi connectivity index (χ3n) is 4.81. The summed E-state index contributed by atoms with van der Waals surface area (Å²) >= 11 is 0. The van der Waals surface area contributed by atoms with E-state index in [1.54, 1.807) is 30.3 Å². The van der Waals surface area contributed by atoms with Crippen molar-refractivity contribution in [3.8, 4) is 0 Å². The second-order valence-electron chi connectivity index (χ2n) is 7.20. The molecule has 0 aliphatic heterocycles. The van der Waals surface area contributed by atoms with Gasteiger partial charge in [0.05, 0.1) is 13.2 Å². The summed E-state index contributed by atoms with van der Waals surface area (Å²) in [5, 5.41) is 10.1. The number of carbonyl (C=O) groups is 1. The summed E-state index contributed by atoms with van der Waals surface area (Å²) in [7, 11) is 0. The molecule has 165 valence electrons. The second-order valence-corrected chi connectivity index (χ2v) is 7.20. The summed E-state index contributed by atoms with van der Waals surface area (Å²) in [4.78, 5) is 15.2. The molecular weight excluding hydrogens is 414 g/mol. The number of carbonyl (C=O) groups excluding carboxylic acids is 1. The van der Waals surface area contributed by atoms with Crippen molar-refractivity contribution in [1.82, 2.24) is 0 Å². The van der Waals surface area contributed by atoms with E-state index in [1.165, 1.54) is 57.8 Å². The van der Waals surface area contributed by atoms with Crippen LogP contribution in [0.25, 0.3) is 10.6 Å². The first-order chi connectivity index (χ1) is 13.7. The van der Waals surface area contributed by atoms with E-state index in [0.29, 0.717) is 5.56 Å². The minimum Gasteiger partial charge on any atom is -0.518 e. The summed E-state index contributed by atoms with van der Waals surface area (Å²) in [5.74, 6) is -1.07. The van der Waals surface area contributed by atoms with E-state index in [2.05, 4.69) is 11.8 Å². The molecule has 0 spiro atoms. The molecule has 4 nitrogen and oxygen atoms in total. The van der Waals surface area contributed by atoms with E-state index in [1.807, 2.05) is 0 Å². The Morgan fingerprint density at radius 3 is 1.86 bits per heavy atom. The first-order valence-electron chi connectivity index (χ1n) is 10.7. The number of nitrogens with zero attached hydrogens (tertiary/aromatic N) is 1. The van der Waals surface area contributed by atoms with Crippen LogP contribution in [-0.2, 0) is 26.6 Å². The number of unbranched alkanes of at least 4 members (excludes halogenated alkanes) is 11. The first-order valence-corrected chi connectivity index (χ1v) is 10.7. The quantitative estimate of drug-likeness (QED) is 0.0778. The van der Waals surface area contributed by atoms with Gasteiger partial charge < -0.3 is 9.84 Å². The number of ether oxygens (including phenoxy) is 1. The van der Waals surface area contributed by atoms with Gasteiger partial charge in [-0.3, -0.25) is 4.79 Å². The van der Waals surface area contributed by atoms with Gasteiger partial charge in [0.2, 0.25) is 0 Å². The van der Waals surface area contributed by atoms with Gasteiger partial charge in [0, 0.05) is 22.6 Å². The van der Waals surface area contributed by atoms with Crippen LogP contribution >= 0.6 is 0 Å². The van der Waals surface area contributed by atoms with Crippen LogP contribution in [0.15, 0.2) is 36.0 Å². The summed E-state index contributed by atoms with van der Waals surface area (Å²) in [5.41, 5.74) is 0.0842. The Morgan fingerprint density at radius 2 is 1.38 bits per heavy atom. The second kappa shape index (κ2) is 18.3. The molecule has 0 fully saturated rings. The Labute approximate surface area is 187 Å². The first kappa shape index (κ1) is 27.2. The predicted octanol–water partition coefficient (Wildman–Crippen LogP) is 7.07. The molecule has 0 amide bonds. The molecule has 1 aromatic carbocycles. The topological polar surface area (TPSA) is 50.9 Å². The third kappa shape index (κ3) is 12.4. The zero-order valence-corrected chi connectivity index (χ0v) is 18.5. The number of rotatable bonds is 15. The van der Waals surface area contributed by atoms with Crippen molar-refractivity contribution in [2.75, 3.05) is 6.61 Å². The van der Waals surface area contributed by atoms with E-state index in [4.69, 9.17) is 11.3 Å². The SMILES string of the molecule is [C-]#[N+]/C(C(=O)OCCCCCCCCCCCCCC)=C(/O)c1ccccc1.[Cu]. The molecule has 0 atom stereocenters. The van der Waals surface area contributed by atoms with Gasteiger partial charge in [-0.1, -0.05) is 108 Å². The van der Waals surface area contributed by atoms with E-state index < -0.39 is 5.97 Å². The number of aliphatic hydroxyl groups is 1. The largest absolute Gasteiger partial charge is 0.518 e. The fourth-order valence-electron chi connectivity index (χ4n) is 3.10. The van der Waals surface area contributed by atoms with Crippen LogP contribution in [-0.4, -0.2) is 17.7 Å². The minimum atomic E-state index is -0.751. The Bertz CT molecular complexity index is 623. The van der Waals surface area contributed by atoms with E-state index in [0.717, 1.165) is 19.3 Å². The van der Waals surface area contributed by atoms with Crippen molar-refractivity contribution in [2.45, 2.75) is 84.0 Å². The maximum Gasteiger partial charge on any atom is 0.340 e. The molecule has 0 unspecified atom stereocenters. The van der Waals surface area contributed by atoms with Gasteiger partial charge in [-0.25, -0.2) is 4.85 Å². The number of esters is 1. The van der Waals surface area contributed by atoms with Crippen LogP contribution in [0.1, 0.15) is 89.5 Å². The molecule has 0 heterocycles. The van der Waals surface area contributed by atoms with Crippen molar-refractivity contribution in [2.24, 2.45) is 0 Å². The normalized spacial score (nSPS) is 11.2. The molecule has 5 heteroatoms. The van der Waals surface area contributed by atoms with Crippen LogP contribution in [0, 0.1) is 6.57 Å². The Balaban J connectivity index is 0.00000784. The van der Waals surface area contributed by atoms with Crippen LogP contribution in [0.3, 0.4) is 0 Å². The Morgan fingerprint density at radius 1 is 0.897 bits per heavy atom. The van der Waals surface area contributed by atoms with Crippen molar-refractivity contribution in [3.05, 3.63) is 53.0 Å². The van der Waals surface area contributed by atoms with Gasteiger partial charge >= 0.3 is 11.7 Å². The number of benzene rings is 1. The van der Waals surface area contributed by atoms with Crippen LogP contribution in [0.2, 0.25) is 0 Å². The van der Waals surface area contributed by atoms with Crippen LogP contribution in [0.4, 0.5) is 0 Å². The molecule has 0 aliphatic rings. The van der Waals surface area contributed by atoms with Gasteiger partial charge in [-0.2, -0.15) is 0 Å². The summed E-state index contributed by atoms with van der Waals surface area (Å²) < 4.78 is 5.16. The molecule has 29 heavy (non-hydrogen) atoms. The minimum absolute atomic E-state index is 0. The fraction of sp³-hybridized carbons (Fsp3) is 0.583. The molecule has 0 saturated carbocycles. The van der Waals surface area contributed by atoms with Crippen LogP contribution < -0.4 is 0 Å². The fourth-order valence-corrected chi connectivity index (χ4v) is 3.10. The Hall–Kier alpha value is -1.76. The molecule has 1 N–H and O–H groups in total. The standard InChI is InChI=1S/C24H35NO3.Cu/c1-3-4-5-6-7-8-9-10-11-12-13-17-20-28-24(27)22(25-2)23(26)21-18-15-14-16-19-21;/h14-16,18-19,26H,3-13,17,20H2,1H3;/b23-22+;. The maximum absolute atomic E-state index is 12.0. The van der Waals surface area contributed by atoms with Gasteiger partial charge in [0.1, 0.15) is 5.76 Å². The Kier molecular flexibility index (Phi) is 17.2. The van der Waals surface area contributed by atoms with Crippen molar-refractivity contribution in [1.29, 1.82) is 0 Å². The monoisotopic (exact) mass is 448 g/mol. The van der Waals surface area contributed by atoms with E-state index in [-0.39, 0.29) is 35.1 Å². The maximum atomic E-state index is 12.0. The van der Waals surface area contributed by atoms with Gasteiger partial charge in [-0.15, -0.1) is 0 Å². The van der Waals surface area contributed by atoms with Gasteiger partial charge in [0.15, 0.2) is 0 Å². The summed E-state index contributed by atoms with van der Waals surface area (Å²) in [6, 6.07) is 8.59. The molecule has 0 saturated heterocycles. The van der Waals surface area contributed by atoms with E-state index >= 15 is 0 Å². The smallest absolute Gasteiger partial charge is 0.340 e. The molecule has 1 aromatic rings. The summed E-state index contributed by atoms with van der Waals surface area (Å²) in [6.45, 7) is 9.69.